The standard InChI is InChI=1S/C26H24FN3/c1-19-9-14-24-21(17-19)18-25(20-7-3-2-4-8-20)30(24)26(29-15-5-6-16-29)28-23-12-10-22(27)11-13-23/h2-4,7-14,17-18H,5-6,15-16H2,1H3. The molecule has 0 saturated carbocycles. The van der Waals surface area contributed by atoms with Crippen LogP contribution in [0.3, 0.4) is 0 Å². The molecule has 0 radical (unpaired) electrons. The average Bonchev–Trinajstić information content (AvgIpc) is 3.42. The summed E-state index contributed by atoms with van der Waals surface area (Å²) >= 11 is 0. The Morgan fingerprint density at radius 3 is 2.33 bits per heavy atom. The van der Waals surface area contributed by atoms with E-state index < -0.39 is 0 Å². The Bertz CT molecular complexity index is 1200. The predicted molar refractivity (Wildman–Crippen MR) is 122 cm³/mol. The first-order valence-electron chi connectivity index (χ1n) is 10.5. The zero-order valence-corrected chi connectivity index (χ0v) is 17.1. The molecule has 1 saturated heterocycles. The van der Waals surface area contributed by atoms with Crippen molar-refractivity contribution in [3.63, 3.8) is 0 Å². The van der Waals surface area contributed by atoms with Crippen molar-refractivity contribution in [2.45, 2.75) is 19.8 Å². The lowest BCUT2D eigenvalue weighted by molar-refractivity contribution is 0.503. The second kappa shape index (κ2) is 7.79. The van der Waals surface area contributed by atoms with E-state index in [1.165, 1.54) is 23.1 Å². The van der Waals surface area contributed by atoms with Gasteiger partial charge in [-0.3, -0.25) is 4.57 Å². The van der Waals surface area contributed by atoms with Gasteiger partial charge in [-0.25, -0.2) is 9.38 Å². The molecule has 4 heteroatoms. The molecule has 0 bridgehead atoms. The fraction of sp³-hybridized carbons (Fsp3) is 0.192. The number of halogens is 1. The van der Waals surface area contributed by atoms with Crippen molar-refractivity contribution < 1.29 is 4.39 Å². The van der Waals surface area contributed by atoms with Crippen LogP contribution in [0.1, 0.15) is 18.4 Å². The monoisotopic (exact) mass is 397 g/mol. The van der Waals surface area contributed by atoms with Gasteiger partial charge >= 0.3 is 0 Å². The van der Waals surface area contributed by atoms with Gasteiger partial charge in [0.25, 0.3) is 0 Å². The highest BCUT2D eigenvalue weighted by Gasteiger charge is 2.23. The van der Waals surface area contributed by atoms with Crippen LogP contribution in [-0.2, 0) is 0 Å². The normalized spacial score (nSPS) is 14.6. The van der Waals surface area contributed by atoms with Crippen molar-refractivity contribution in [2.75, 3.05) is 13.1 Å². The van der Waals surface area contributed by atoms with Gasteiger partial charge in [0, 0.05) is 18.5 Å². The maximum Gasteiger partial charge on any atom is 0.211 e. The molecule has 0 atom stereocenters. The molecule has 3 aromatic carbocycles. The Hall–Kier alpha value is -3.40. The molecule has 0 spiro atoms. The number of hydrogen-bond donors (Lipinski definition) is 0. The first-order valence-corrected chi connectivity index (χ1v) is 10.5. The Balaban J connectivity index is 1.77. The third-order valence-corrected chi connectivity index (χ3v) is 5.67. The van der Waals surface area contributed by atoms with Gasteiger partial charge in [0.15, 0.2) is 0 Å². The van der Waals surface area contributed by atoms with Crippen LogP contribution in [0.5, 0.6) is 0 Å². The molecule has 1 aliphatic heterocycles. The molecule has 150 valence electrons. The van der Waals surface area contributed by atoms with Crippen LogP contribution in [0.15, 0.2) is 83.9 Å². The average molecular weight is 397 g/mol. The van der Waals surface area contributed by atoms with E-state index in [-0.39, 0.29) is 5.82 Å². The van der Waals surface area contributed by atoms with Crippen LogP contribution in [0, 0.1) is 12.7 Å². The van der Waals surface area contributed by atoms with Crippen LogP contribution in [0.4, 0.5) is 10.1 Å². The SMILES string of the molecule is Cc1ccc2c(c1)cc(-c1ccccc1)n2C(=Nc1ccc(F)cc1)N1CCCC1. The summed E-state index contributed by atoms with van der Waals surface area (Å²) in [6, 6.07) is 25.6. The van der Waals surface area contributed by atoms with E-state index in [9.17, 15) is 4.39 Å². The summed E-state index contributed by atoms with van der Waals surface area (Å²) in [7, 11) is 0. The zero-order chi connectivity index (χ0) is 20.5. The van der Waals surface area contributed by atoms with E-state index in [1.54, 1.807) is 12.1 Å². The molecule has 2 heterocycles. The highest BCUT2D eigenvalue weighted by Crippen LogP contribution is 2.31. The van der Waals surface area contributed by atoms with Crippen molar-refractivity contribution in [1.29, 1.82) is 0 Å². The Morgan fingerprint density at radius 1 is 0.867 bits per heavy atom. The number of fused-ring (bicyclic) bond motifs is 1. The zero-order valence-electron chi connectivity index (χ0n) is 17.1. The summed E-state index contributed by atoms with van der Waals surface area (Å²) in [5.41, 5.74) is 5.39. The second-order valence-electron chi connectivity index (χ2n) is 7.88. The second-order valence-corrected chi connectivity index (χ2v) is 7.88. The summed E-state index contributed by atoms with van der Waals surface area (Å²) in [4.78, 5) is 7.36. The van der Waals surface area contributed by atoms with Crippen LogP contribution in [-0.4, -0.2) is 28.5 Å². The van der Waals surface area contributed by atoms with Crippen molar-refractivity contribution >= 4 is 22.5 Å². The highest BCUT2D eigenvalue weighted by molar-refractivity contribution is 6.00. The van der Waals surface area contributed by atoms with Crippen LogP contribution in [0.25, 0.3) is 22.2 Å². The van der Waals surface area contributed by atoms with E-state index in [4.69, 9.17) is 4.99 Å². The fourth-order valence-corrected chi connectivity index (χ4v) is 4.18. The molecule has 1 aromatic heterocycles. The third-order valence-electron chi connectivity index (χ3n) is 5.67. The molecule has 1 aliphatic rings. The van der Waals surface area contributed by atoms with Crippen molar-refractivity contribution in [1.82, 2.24) is 9.47 Å². The molecule has 0 N–H and O–H groups in total. The van der Waals surface area contributed by atoms with Gasteiger partial charge in [0.1, 0.15) is 5.82 Å². The molecule has 1 fully saturated rings. The highest BCUT2D eigenvalue weighted by atomic mass is 19.1. The third kappa shape index (κ3) is 3.50. The maximum absolute atomic E-state index is 13.5. The molecular formula is C26H24FN3. The van der Waals surface area contributed by atoms with Gasteiger partial charge < -0.3 is 4.90 Å². The maximum atomic E-state index is 13.5. The number of likely N-dealkylation sites (tertiary alicyclic amines) is 1. The summed E-state index contributed by atoms with van der Waals surface area (Å²) < 4.78 is 15.7. The molecule has 0 unspecified atom stereocenters. The van der Waals surface area contributed by atoms with Crippen molar-refractivity contribution in [3.05, 3.63) is 90.2 Å². The van der Waals surface area contributed by atoms with Gasteiger partial charge in [-0.2, -0.15) is 0 Å². The number of aliphatic imine (C=N–C) groups is 1. The number of nitrogens with zero attached hydrogens (tertiary/aromatic N) is 3. The summed E-state index contributed by atoms with van der Waals surface area (Å²) in [6.07, 6.45) is 2.31. The first-order chi connectivity index (χ1) is 14.7. The molecular weight excluding hydrogens is 373 g/mol. The van der Waals surface area contributed by atoms with E-state index in [0.29, 0.717) is 0 Å². The van der Waals surface area contributed by atoms with Crippen LogP contribution >= 0.6 is 0 Å². The van der Waals surface area contributed by atoms with E-state index in [2.05, 4.69) is 64.9 Å². The van der Waals surface area contributed by atoms with Crippen molar-refractivity contribution in [2.24, 2.45) is 4.99 Å². The molecule has 4 aromatic rings. The smallest absolute Gasteiger partial charge is 0.211 e. The number of aromatic nitrogens is 1. The minimum Gasteiger partial charge on any atom is -0.342 e. The van der Waals surface area contributed by atoms with Crippen molar-refractivity contribution in [3.8, 4) is 11.3 Å². The lowest BCUT2D eigenvalue weighted by atomic mass is 10.1. The minimum absolute atomic E-state index is 0.247. The minimum atomic E-state index is -0.247. The molecule has 0 aliphatic carbocycles. The van der Waals surface area contributed by atoms with Crippen LogP contribution < -0.4 is 0 Å². The lowest BCUT2D eigenvalue weighted by Gasteiger charge is -2.24. The van der Waals surface area contributed by atoms with E-state index >= 15 is 0 Å². The van der Waals surface area contributed by atoms with Gasteiger partial charge in [-0.15, -0.1) is 0 Å². The Kier molecular flexibility index (Phi) is 4.83. The number of hydrogen-bond acceptors (Lipinski definition) is 1. The molecule has 5 rings (SSSR count). The van der Waals surface area contributed by atoms with Gasteiger partial charge in [-0.1, -0.05) is 42.0 Å². The summed E-state index contributed by atoms with van der Waals surface area (Å²) in [5, 5.41) is 1.19. The van der Waals surface area contributed by atoms with Gasteiger partial charge in [-0.05, 0) is 67.8 Å². The molecule has 3 nitrogen and oxygen atoms in total. The van der Waals surface area contributed by atoms with Gasteiger partial charge in [0.2, 0.25) is 5.96 Å². The van der Waals surface area contributed by atoms with E-state index in [0.717, 1.165) is 54.4 Å². The lowest BCUT2D eigenvalue weighted by Crippen LogP contribution is -2.33. The Morgan fingerprint density at radius 2 is 1.60 bits per heavy atom. The first kappa shape index (κ1) is 18.6. The number of rotatable bonds is 2. The largest absolute Gasteiger partial charge is 0.342 e. The quantitative estimate of drug-likeness (QED) is 0.284. The molecule has 0 amide bonds. The topological polar surface area (TPSA) is 20.5 Å². The fourth-order valence-electron chi connectivity index (χ4n) is 4.18. The number of aryl methyl sites for hydroxylation is 1. The summed E-state index contributed by atoms with van der Waals surface area (Å²) in [6.45, 7) is 4.06. The van der Waals surface area contributed by atoms with Gasteiger partial charge in [0.05, 0.1) is 16.9 Å². The van der Waals surface area contributed by atoms with Crippen LogP contribution in [0.2, 0.25) is 0 Å². The number of benzene rings is 3. The van der Waals surface area contributed by atoms with E-state index in [1.807, 2.05) is 6.07 Å². The molecule has 30 heavy (non-hydrogen) atoms. The Labute approximate surface area is 176 Å². The predicted octanol–water partition coefficient (Wildman–Crippen LogP) is 6.39. The summed E-state index contributed by atoms with van der Waals surface area (Å²) in [5.74, 6) is 0.653.